The number of rotatable bonds is 8. The summed E-state index contributed by atoms with van der Waals surface area (Å²) in [4.78, 5) is 14.6. The molecule has 1 unspecified atom stereocenters. The summed E-state index contributed by atoms with van der Waals surface area (Å²) in [6.07, 6.45) is 5.17. The summed E-state index contributed by atoms with van der Waals surface area (Å²) in [5.74, 6) is 0.199. The second-order valence-corrected chi connectivity index (χ2v) is 6.00. The van der Waals surface area contributed by atoms with E-state index in [0.717, 1.165) is 51.7 Å². The first-order valence-electron chi connectivity index (χ1n) is 7.75. The van der Waals surface area contributed by atoms with Crippen LogP contribution in [0.1, 0.15) is 52.9 Å². The minimum Gasteiger partial charge on any atom is -0.354 e. The number of amides is 1. The predicted octanol–water partition coefficient (Wildman–Crippen LogP) is 1.76. The zero-order chi connectivity index (χ0) is 14.3. The molecule has 2 N–H and O–H groups in total. The minimum absolute atomic E-state index is 0.199. The van der Waals surface area contributed by atoms with Crippen molar-refractivity contribution in [1.29, 1.82) is 0 Å². The lowest BCUT2D eigenvalue weighted by Gasteiger charge is -2.26. The van der Waals surface area contributed by atoms with E-state index < -0.39 is 0 Å². The van der Waals surface area contributed by atoms with E-state index >= 15 is 0 Å². The van der Waals surface area contributed by atoms with Gasteiger partial charge in [-0.3, -0.25) is 4.79 Å². The molecule has 112 valence electrons. The normalized spacial score (nSPS) is 23.3. The van der Waals surface area contributed by atoms with Gasteiger partial charge in [0.15, 0.2) is 0 Å². The van der Waals surface area contributed by atoms with E-state index in [4.69, 9.17) is 0 Å². The number of hydrogen-bond acceptors (Lipinski definition) is 3. The number of carbonyl (C=O) groups excluding carboxylic acids is 1. The fourth-order valence-electron chi connectivity index (χ4n) is 2.58. The number of carbonyl (C=O) groups is 1. The van der Waals surface area contributed by atoms with Gasteiger partial charge in [0.25, 0.3) is 0 Å². The zero-order valence-corrected chi connectivity index (χ0v) is 13.1. The number of nitrogens with zero attached hydrogens (tertiary/aromatic N) is 1. The first-order chi connectivity index (χ1) is 9.02. The topological polar surface area (TPSA) is 44.4 Å². The van der Waals surface area contributed by atoms with Gasteiger partial charge in [-0.1, -0.05) is 6.92 Å². The van der Waals surface area contributed by atoms with Crippen molar-refractivity contribution in [3.63, 3.8) is 0 Å². The molecule has 0 aromatic rings. The molecular weight excluding hydrogens is 238 g/mol. The summed E-state index contributed by atoms with van der Waals surface area (Å²) in [5.41, 5.74) is -0.283. The van der Waals surface area contributed by atoms with Gasteiger partial charge in [0.1, 0.15) is 0 Å². The van der Waals surface area contributed by atoms with E-state index in [1.165, 1.54) is 0 Å². The molecule has 1 fully saturated rings. The highest BCUT2D eigenvalue weighted by Gasteiger charge is 2.38. The van der Waals surface area contributed by atoms with Crippen LogP contribution in [0.4, 0.5) is 0 Å². The smallest absolute Gasteiger partial charge is 0.240 e. The maximum atomic E-state index is 12.2. The first-order valence-corrected chi connectivity index (χ1v) is 7.75. The van der Waals surface area contributed by atoms with E-state index in [1.807, 2.05) is 0 Å². The van der Waals surface area contributed by atoms with Gasteiger partial charge in [0, 0.05) is 12.6 Å². The van der Waals surface area contributed by atoms with Gasteiger partial charge in [-0.05, 0) is 66.1 Å². The Bertz CT molecular complexity index is 273. The largest absolute Gasteiger partial charge is 0.354 e. The lowest BCUT2D eigenvalue weighted by atomic mass is 9.93. The maximum Gasteiger partial charge on any atom is 0.240 e. The highest BCUT2D eigenvalue weighted by Crippen LogP contribution is 2.22. The number of hydrogen-bond donors (Lipinski definition) is 2. The summed E-state index contributed by atoms with van der Waals surface area (Å²) >= 11 is 0. The average molecular weight is 269 g/mol. The fraction of sp³-hybridized carbons (Fsp3) is 0.933. The fourth-order valence-corrected chi connectivity index (χ4v) is 2.58. The number of nitrogens with one attached hydrogen (secondary N) is 2. The molecule has 1 amide bonds. The molecule has 0 radical (unpaired) electrons. The van der Waals surface area contributed by atoms with E-state index in [1.54, 1.807) is 0 Å². The number of unbranched alkanes of at least 4 members (excludes halogenated alkanes) is 1. The van der Waals surface area contributed by atoms with Crippen molar-refractivity contribution in [3.8, 4) is 0 Å². The van der Waals surface area contributed by atoms with E-state index in [9.17, 15) is 4.79 Å². The van der Waals surface area contributed by atoms with Gasteiger partial charge >= 0.3 is 0 Å². The van der Waals surface area contributed by atoms with Crippen molar-refractivity contribution < 1.29 is 4.79 Å². The van der Waals surface area contributed by atoms with Crippen molar-refractivity contribution in [2.75, 3.05) is 26.7 Å². The van der Waals surface area contributed by atoms with Gasteiger partial charge < -0.3 is 15.5 Å². The van der Waals surface area contributed by atoms with Crippen LogP contribution in [0.15, 0.2) is 0 Å². The molecule has 1 aliphatic rings. The molecule has 1 aliphatic heterocycles. The van der Waals surface area contributed by atoms with Gasteiger partial charge in [-0.2, -0.15) is 0 Å². The molecule has 0 aromatic heterocycles. The summed E-state index contributed by atoms with van der Waals surface area (Å²) in [7, 11) is 2.15. The summed E-state index contributed by atoms with van der Waals surface area (Å²) in [6, 6.07) is 0.598. The molecule has 0 spiro atoms. The van der Waals surface area contributed by atoms with Crippen LogP contribution in [-0.2, 0) is 4.79 Å². The van der Waals surface area contributed by atoms with Crippen LogP contribution in [0.3, 0.4) is 0 Å². The quantitative estimate of drug-likeness (QED) is 0.660. The molecular formula is C15H31N3O. The lowest BCUT2D eigenvalue weighted by molar-refractivity contribution is -0.127. The molecule has 0 bridgehead atoms. The minimum atomic E-state index is -0.283. The SMILES string of the molecule is CCC1(C(=O)NCCCCN(C)C(C)C)CCCN1. The van der Waals surface area contributed by atoms with Gasteiger partial charge in [0.2, 0.25) is 5.91 Å². The Hall–Kier alpha value is -0.610. The third kappa shape index (κ3) is 4.77. The van der Waals surface area contributed by atoms with Crippen LogP contribution >= 0.6 is 0 Å². The molecule has 0 aliphatic carbocycles. The molecule has 4 nitrogen and oxygen atoms in total. The Kier molecular flexibility index (Phi) is 6.80. The summed E-state index contributed by atoms with van der Waals surface area (Å²) < 4.78 is 0. The van der Waals surface area contributed by atoms with E-state index in [2.05, 4.69) is 43.4 Å². The average Bonchev–Trinajstić information content (AvgIpc) is 2.87. The molecule has 1 heterocycles. The van der Waals surface area contributed by atoms with Crippen LogP contribution in [-0.4, -0.2) is 49.1 Å². The summed E-state index contributed by atoms with van der Waals surface area (Å²) in [5, 5.41) is 6.47. The third-order valence-corrected chi connectivity index (χ3v) is 4.39. The third-order valence-electron chi connectivity index (χ3n) is 4.39. The highest BCUT2D eigenvalue weighted by molar-refractivity contribution is 5.86. The van der Waals surface area contributed by atoms with Crippen LogP contribution < -0.4 is 10.6 Å². The molecule has 0 saturated carbocycles. The Morgan fingerprint density at radius 2 is 2.16 bits per heavy atom. The van der Waals surface area contributed by atoms with Crippen molar-refractivity contribution in [2.24, 2.45) is 0 Å². The van der Waals surface area contributed by atoms with Crippen molar-refractivity contribution in [3.05, 3.63) is 0 Å². The zero-order valence-electron chi connectivity index (χ0n) is 13.1. The Labute approximate surface area is 118 Å². The highest BCUT2D eigenvalue weighted by atomic mass is 16.2. The van der Waals surface area contributed by atoms with E-state index in [-0.39, 0.29) is 11.4 Å². The Morgan fingerprint density at radius 1 is 1.42 bits per heavy atom. The molecule has 4 heteroatoms. The van der Waals surface area contributed by atoms with Crippen molar-refractivity contribution in [2.45, 2.75) is 64.5 Å². The first kappa shape index (κ1) is 16.4. The van der Waals surface area contributed by atoms with Crippen molar-refractivity contribution in [1.82, 2.24) is 15.5 Å². The summed E-state index contributed by atoms with van der Waals surface area (Å²) in [6.45, 7) is 9.38. The molecule has 1 atom stereocenters. The van der Waals surface area contributed by atoms with Crippen LogP contribution in [0.5, 0.6) is 0 Å². The molecule has 1 saturated heterocycles. The van der Waals surface area contributed by atoms with Gasteiger partial charge in [-0.15, -0.1) is 0 Å². The van der Waals surface area contributed by atoms with Gasteiger partial charge in [-0.25, -0.2) is 0 Å². The van der Waals surface area contributed by atoms with Gasteiger partial charge in [0.05, 0.1) is 5.54 Å². The molecule has 0 aromatic carbocycles. The molecule has 19 heavy (non-hydrogen) atoms. The van der Waals surface area contributed by atoms with Crippen LogP contribution in [0, 0.1) is 0 Å². The maximum absolute atomic E-state index is 12.2. The van der Waals surface area contributed by atoms with Crippen LogP contribution in [0.25, 0.3) is 0 Å². The van der Waals surface area contributed by atoms with Crippen LogP contribution in [0.2, 0.25) is 0 Å². The van der Waals surface area contributed by atoms with E-state index in [0.29, 0.717) is 6.04 Å². The Balaban J connectivity index is 2.17. The standard InChI is InChI=1S/C15H31N3O/c1-5-15(9-8-11-17-15)14(19)16-10-6-7-12-18(4)13(2)3/h13,17H,5-12H2,1-4H3,(H,16,19). The monoisotopic (exact) mass is 269 g/mol. The second-order valence-electron chi connectivity index (χ2n) is 6.00. The van der Waals surface area contributed by atoms with Crippen molar-refractivity contribution >= 4 is 5.91 Å². The second kappa shape index (κ2) is 7.85. The molecule has 1 rings (SSSR count). The lowest BCUT2D eigenvalue weighted by Crippen LogP contribution is -2.53. The predicted molar refractivity (Wildman–Crippen MR) is 80.3 cm³/mol. The Morgan fingerprint density at radius 3 is 2.68 bits per heavy atom.